The van der Waals surface area contributed by atoms with E-state index >= 15 is 0 Å². The number of aliphatic carboxylic acids is 3. The van der Waals surface area contributed by atoms with Crippen LogP contribution in [0.5, 0.6) is 0 Å². The van der Waals surface area contributed by atoms with Crippen LogP contribution in [-0.4, -0.2) is 125 Å². The molecule has 0 saturated carbocycles. The van der Waals surface area contributed by atoms with Gasteiger partial charge in [-0.15, -0.1) is 0 Å². The third-order valence-electron chi connectivity index (χ3n) is 10.5. The van der Waals surface area contributed by atoms with E-state index in [1.165, 1.54) is 32.1 Å². The van der Waals surface area contributed by atoms with Gasteiger partial charge >= 0.3 is 17.9 Å². The molecule has 2 aromatic rings. The first-order chi connectivity index (χ1) is 31.8. The number of hydrogen-bond acceptors (Lipinski definition) is 13. The number of allylic oxidation sites excluding steroid dienone is 1. The molecule has 3 unspecified atom stereocenters. The van der Waals surface area contributed by atoms with Crippen molar-refractivity contribution in [1.29, 1.82) is 0 Å². The Hall–Kier alpha value is -5.99. The van der Waals surface area contributed by atoms with Gasteiger partial charge in [0.2, 0.25) is 48.3 Å². The van der Waals surface area contributed by atoms with Crippen molar-refractivity contribution in [1.82, 2.24) is 30.1 Å². The molecule has 0 bridgehead atoms. The number of hydrogen-bond donors (Lipinski definition) is 10. The first-order valence-corrected chi connectivity index (χ1v) is 25.9. The van der Waals surface area contributed by atoms with E-state index in [4.69, 9.17) is 0 Å². The van der Waals surface area contributed by atoms with Gasteiger partial charge in [0, 0.05) is 47.3 Å². The number of benzene rings is 2. The highest BCUT2D eigenvalue weighted by atomic mass is 32.2. The number of carboxylic acids is 3. The van der Waals surface area contributed by atoms with E-state index in [1.54, 1.807) is 6.08 Å². The van der Waals surface area contributed by atoms with Crippen LogP contribution in [0.1, 0.15) is 88.3 Å². The number of aliphatic hydroxyl groups excluding tert-OH is 1. The number of carbonyl (C=O) groups is 6. The zero-order chi connectivity index (χ0) is 51.0. The molecule has 0 saturated heterocycles. The molecule has 0 radical (unpaired) electrons. The fourth-order valence-corrected chi connectivity index (χ4v) is 10.6. The third kappa shape index (κ3) is 16.4. The highest BCUT2D eigenvalue weighted by Gasteiger charge is 2.30. The maximum atomic E-state index is 14.1. The van der Waals surface area contributed by atoms with Gasteiger partial charge in [0.1, 0.15) is 23.9 Å². The normalized spacial score (nSPS) is 14.1. The lowest BCUT2D eigenvalue weighted by molar-refractivity contribution is -0.142. The first-order valence-electron chi connectivity index (χ1n) is 21.3. The van der Waals surface area contributed by atoms with E-state index in [9.17, 15) is 74.4 Å². The molecule has 10 N–H and O–H groups in total. The molecule has 0 aliphatic heterocycles. The molecule has 2 aromatic carbocycles. The van der Waals surface area contributed by atoms with E-state index in [0.29, 0.717) is 0 Å². The Bertz CT molecular complexity index is 2680. The van der Waals surface area contributed by atoms with Crippen molar-refractivity contribution >= 4 is 88.8 Å². The Balaban J connectivity index is 1.93. The van der Waals surface area contributed by atoms with Gasteiger partial charge < -0.3 is 36.4 Å². The van der Waals surface area contributed by atoms with Crippen molar-refractivity contribution in [2.75, 3.05) is 25.4 Å². The summed E-state index contributed by atoms with van der Waals surface area (Å²) < 4.78 is 89.3. The highest BCUT2D eigenvalue weighted by Crippen LogP contribution is 2.40. The minimum absolute atomic E-state index is 0.0120. The Morgan fingerprint density at radius 1 is 0.676 bits per heavy atom. The molecule has 3 rings (SSSR count). The third-order valence-corrected chi connectivity index (χ3v) is 14.8. The molecule has 0 fully saturated rings. The average Bonchev–Trinajstić information content (AvgIpc) is 3.26. The van der Waals surface area contributed by atoms with Crippen LogP contribution < -0.4 is 30.1 Å². The summed E-state index contributed by atoms with van der Waals surface area (Å²) >= 11 is 0. The molecule has 25 heteroatoms. The summed E-state index contributed by atoms with van der Waals surface area (Å²) in [5.74, 6) is -6.39. The Morgan fingerprint density at radius 3 is 1.62 bits per heavy atom. The van der Waals surface area contributed by atoms with Crippen LogP contribution in [0.15, 0.2) is 64.4 Å². The van der Waals surface area contributed by atoms with Crippen LogP contribution >= 0.6 is 0 Å². The van der Waals surface area contributed by atoms with Crippen molar-refractivity contribution in [3.63, 3.8) is 0 Å². The van der Waals surface area contributed by atoms with Crippen molar-refractivity contribution in [2.24, 2.45) is 0 Å². The number of amides is 3. The SMILES string of the molecule is C=C(C)C(=O)NC(CCCCNS(=O)(=O)C/C=C(/O)c1ccc2c(S(=O)(=O)NCCCCC(NC(=O)C(=C)C)C(=O)O)cc(S(=O)(=O)NCCCCC(NC=O)C(=O)O)c3c2c1CC=C3)C(=O)O. The maximum absolute atomic E-state index is 14.1. The van der Waals surface area contributed by atoms with E-state index in [1.807, 2.05) is 0 Å². The molecule has 68 heavy (non-hydrogen) atoms. The fraction of sp³-hybridized carbons (Fsp3) is 0.442. The Morgan fingerprint density at radius 2 is 1.15 bits per heavy atom. The summed E-state index contributed by atoms with van der Waals surface area (Å²) in [5.41, 5.74) is 0.599. The lowest BCUT2D eigenvalue weighted by Gasteiger charge is -2.22. The number of rotatable bonds is 32. The molecule has 374 valence electrons. The lowest BCUT2D eigenvalue weighted by atomic mass is 9.89. The van der Waals surface area contributed by atoms with Gasteiger partial charge in [-0.3, -0.25) is 14.4 Å². The number of unbranched alkanes of at least 4 members (excludes halogenated alkanes) is 3. The second-order valence-corrected chi connectivity index (χ2v) is 21.2. The molecule has 3 amide bonds. The number of carboxylic acid groups (broad SMARTS) is 3. The van der Waals surface area contributed by atoms with Gasteiger partial charge in [-0.05, 0) is 101 Å². The van der Waals surface area contributed by atoms with Crippen molar-refractivity contribution in [3.05, 3.63) is 71.3 Å². The summed E-state index contributed by atoms with van der Waals surface area (Å²) in [6.07, 6.45) is 5.27. The number of sulfonamides is 3. The quantitative estimate of drug-likeness (QED) is 0.0216. The van der Waals surface area contributed by atoms with E-state index in [2.05, 4.69) is 43.3 Å². The molecule has 1 aliphatic rings. The predicted molar refractivity (Wildman–Crippen MR) is 250 cm³/mol. The Kier molecular flexibility index (Phi) is 21.0. The largest absolute Gasteiger partial charge is 0.508 e. The molecule has 1 aliphatic carbocycles. The van der Waals surface area contributed by atoms with Gasteiger partial charge in [0.15, 0.2) is 0 Å². The monoisotopic (exact) mass is 1010 g/mol. The van der Waals surface area contributed by atoms with Crippen LogP contribution in [0.4, 0.5) is 0 Å². The van der Waals surface area contributed by atoms with E-state index in [0.717, 1.165) is 12.1 Å². The summed E-state index contributed by atoms with van der Waals surface area (Å²) in [6, 6.07) is -0.0144. The number of aliphatic hydroxyl groups is 1. The predicted octanol–water partition coefficient (Wildman–Crippen LogP) is 1.79. The Labute approximate surface area is 394 Å². The fourth-order valence-electron chi connectivity index (χ4n) is 6.93. The van der Waals surface area contributed by atoms with Gasteiger partial charge in [0.05, 0.1) is 15.5 Å². The number of carbonyl (C=O) groups excluding carboxylic acids is 3. The van der Waals surface area contributed by atoms with Crippen LogP contribution in [0.3, 0.4) is 0 Å². The van der Waals surface area contributed by atoms with Crippen LogP contribution in [0, 0.1) is 0 Å². The molecular weight excluding hydrogens is 953 g/mol. The second kappa shape index (κ2) is 25.4. The van der Waals surface area contributed by atoms with E-state index < -0.39 is 99.2 Å². The summed E-state index contributed by atoms with van der Waals surface area (Å²) in [4.78, 5) is 68.4. The van der Waals surface area contributed by atoms with Gasteiger partial charge in [-0.25, -0.2) is 53.8 Å². The van der Waals surface area contributed by atoms with Crippen LogP contribution in [0.2, 0.25) is 0 Å². The molecule has 0 aromatic heterocycles. The minimum atomic E-state index is -4.55. The van der Waals surface area contributed by atoms with Crippen LogP contribution in [0.25, 0.3) is 22.6 Å². The summed E-state index contributed by atoms with van der Waals surface area (Å²) in [7, 11) is -13.2. The zero-order valence-electron chi connectivity index (χ0n) is 37.5. The average molecular weight is 1010 g/mol. The number of nitrogens with one attached hydrogen (secondary N) is 6. The maximum Gasteiger partial charge on any atom is 0.326 e. The van der Waals surface area contributed by atoms with Crippen molar-refractivity contribution in [3.8, 4) is 0 Å². The molecular formula is C43H58N6O16S3. The van der Waals surface area contributed by atoms with Gasteiger partial charge in [0.25, 0.3) is 0 Å². The van der Waals surface area contributed by atoms with Crippen molar-refractivity contribution in [2.45, 2.75) is 106 Å². The van der Waals surface area contributed by atoms with Crippen LogP contribution in [-0.2, 0) is 65.3 Å². The van der Waals surface area contributed by atoms with Crippen molar-refractivity contribution < 1.29 is 74.4 Å². The lowest BCUT2D eigenvalue weighted by Crippen LogP contribution is -2.41. The molecule has 3 atom stereocenters. The standard InChI is InChI=1S/C43H58N6O16S3/c1-26(2)39(52)48-33(42(56)57)15-6-8-20-45-66(60,61)23-19-35(51)28-17-18-31-37(68(64,65)47-22-10-7-16-34(43(58)59)49-40(53)27(3)4)24-36(30-13-11-12-29(28)38(30)31)67(62,63)46-21-9-5-14-32(41(54)55)44-25-50/h11,13,17-19,24-25,32-34,45-47,51H,1,3,5-10,12,14-16,20-23H2,2,4H3,(H,44,50)(H,48,52)(H,49,53)(H,54,55)(H,56,57)(H,58,59)/b35-19+. The minimum Gasteiger partial charge on any atom is -0.508 e. The highest BCUT2D eigenvalue weighted by molar-refractivity contribution is 7.90. The summed E-state index contributed by atoms with van der Waals surface area (Å²) in [5, 5.41) is 46.6. The summed E-state index contributed by atoms with van der Waals surface area (Å²) in [6.45, 7) is 9.23. The first kappa shape index (κ1) is 56.3. The molecule has 0 heterocycles. The second-order valence-electron chi connectivity index (χ2n) is 15.9. The topological polar surface area (TPSA) is 358 Å². The molecule has 0 spiro atoms. The van der Waals surface area contributed by atoms with Gasteiger partial charge in [-0.2, -0.15) is 0 Å². The zero-order valence-corrected chi connectivity index (χ0v) is 39.9. The molecule has 22 nitrogen and oxygen atoms in total. The van der Waals surface area contributed by atoms with E-state index in [-0.39, 0.29) is 129 Å². The smallest absolute Gasteiger partial charge is 0.326 e. The van der Waals surface area contributed by atoms with Gasteiger partial charge in [-0.1, -0.05) is 37.4 Å².